The molecule has 1 rings (SSSR count). The SMILES string of the molecule is CCN(CC)c1cnn(CCCC(=O)OC)c(=O)c1. The number of hydrogen-bond acceptors (Lipinski definition) is 5. The van der Waals surface area contributed by atoms with Gasteiger partial charge in [-0.05, 0) is 20.3 Å². The maximum atomic E-state index is 11.9. The zero-order valence-corrected chi connectivity index (χ0v) is 11.8. The molecule has 0 amide bonds. The van der Waals surface area contributed by atoms with E-state index < -0.39 is 0 Å². The topological polar surface area (TPSA) is 64.4 Å². The molecule has 6 nitrogen and oxygen atoms in total. The normalized spacial score (nSPS) is 10.3. The maximum Gasteiger partial charge on any atom is 0.305 e. The molecule has 106 valence electrons. The summed E-state index contributed by atoms with van der Waals surface area (Å²) in [5.41, 5.74) is 0.688. The summed E-state index contributed by atoms with van der Waals surface area (Å²) in [7, 11) is 1.35. The molecule has 0 bridgehead atoms. The van der Waals surface area contributed by atoms with Crippen molar-refractivity contribution in [1.82, 2.24) is 9.78 Å². The zero-order valence-electron chi connectivity index (χ0n) is 11.8. The smallest absolute Gasteiger partial charge is 0.305 e. The Morgan fingerprint density at radius 1 is 1.42 bits per heavy atom. The molecule has 0 fully saturated rings. The first-order valence-corrected chi connectivity index (χ1v) is 6.51. The van der Waals surface area contributed by atoms with E-state index in [-0.39, 0.29) is 11.5 Å². The van der Waals surface area contributed by atoms with Gasteiger partial charge in [-0.2, -0.15) is 5.10 Å². The molecule has 0 N–H and O–H groups in total. The molecule has 1 heterocycles. The van der Waals surface area contributed by atoms with Crippen molar-refractivity contribution in [2.24, 2.45) is 0 Å². The van der Waals surface area contributed by atoms with Crippen LogP contribution in [0.1, 0.15) is 26.7 Å². The molecule has 1 aromatic heterocycles. The van der Waals surface area contributed by atoms with Crippen LogP contribution in [0.3, 0.4) is 0 Å². The summed E-state index contributed by atoms with van der Waals surface area (Å²) in [6.45, 7) is 6.16. The fourth-order valence-corrected chi connectivity index (χ4v) is 1.83. The quantitative estimate of drug-likeness (QED) is 0.691. The molecule has 0 spiro atoms. The third-order valence-corrected chi connectivity index (χ3v) is 2.96. The maximum absolute atomic E-state index is 11.9. The van der Waals surface area contributed by atoms with Crippen molar-refractivity contribution in [3.63, 3.8) is 0 Å². The number of carbonyl (C=O) groups is 1. The summed E-state index contributed by atoms with van der Waals surface area (Å²) in [6.07, 6.45) is 2.53. The lowest BCUT2D eigenvalue weighted by atomic mass is 10.3. The predicted molar refractivity (Wildman–Crippen MR) is 73.3 cm³/mol. The van der Waals surface area contributed by atoms with Gasteiger partial charge in [0, 0.05) is 32.1 Å². The van der Waals surface area contributed by atoms with Crippen molar-refractivity contribution < 1.29 is 9.53 Å². The van der Waals surface area contributed by atoms with Crippen LogP contribution in [-0.2, 0) is 16.1 Å². The Balaban J connectivity index is 2.67. The van der Waals surface area contributed by atoms with Gasteiger partial charge in [-0.15, -0.1) is 0 Å². The van der Waals surface area contributed by atoms with Gasteiger partial charge in [-0.1, -0.05) is 0 Å². The second-order valence-corrected chi connectivity index (χ2v) is 4.13. The van der Waals surface area contributed by atoms with Crippen LogP contribution in [0, 0.1) is 0 Å². The van der Waals surface area contributed by atoms with Crippen molar-refractivity contribution in [2.45, 2.75) is 33.2 Å². The molecule has 0 saturated carbocycles. The number of aryl methyl sites for hydroxylation is 1. The van der Waals surface area contributed by atoms with Gasteiger partial charge in [-0.25, -0.2) is 4.68 Å². The Morgan fingerprint density at radius 3 is 2.63 bits per heavy atom. The lowest BCUT2D eigenvalue weighted by molar-refractivity contribution is -0.140. The first-order valence-electron chi connectivity index (χ1n) is 6.51. The van der Waals surface area contributed by atoms with Crippen LogP contribution in [-0.4, -0.2) is 35.9 Å². The molecule has 0 unspecified atom stereocenters. The Labute approximate surface area is 113 Å². The van der Waals surface area contributed by atoms with Crippen molar-refractivity contribution in [2.75, 3.05) is 25.1 Å². The highest BCUT2D eigenvalue weighted by Crippen LogP contribution is 2.08. The number of methoxy groups -OCH3 is 1. The third kappa shape index (κ3) is 4.39. The Kier molecular flexibility index (Phi) is 6.05. The van der Waals surface area contributed by atoms with Gasteiger partial charge in [0.15, 0.2) is 0 Å². The zero-order chi connectivity index (χ0) is 14.3. The number of carbonyl (C=O) groups excluding carboxylic acids is 1. The number of aromatic nitrogens is 2. The second kappa shape index (κ2) is 7.56. The molecule has 0 atom stereocenters. The number of esters is 1. The van der Waals surface area contributed by atoms with E-state index in [4.69, 9.17) is 0 Å². The summed E-state index contributed by atoms with van der Waals surface area (Å²) in [6, 6.07) is 1.58. The average molecular weight is 267 g/mol. The molecular formula is C13H21N3O3. The van der Waals surface area contributed by atoms with Gasteiger partial charge in [0.2, 0.25) is 0 Å². The molecule has 0 aliphatic heterocycles. The minimum absolute atomic E-state index is 0.144. The van der Waals surface area contributed by atoms with E-state index in [2.05, 4.69) is 14.7 Å². The summed E-state index contributed by atoms with van der Waals surface area (Å²) < 4.78 is 5.92. The number of anilines is 1. The van der Waals surface area contributed by atoms with Crippen LogP contribution in [0.4, 0.5) is 5.69 Å². The van der Waals surface area contributed by atoms with Crippen molar-refractivity contribution in [3.05, 3.63) is 22.6 Å². The molecule has 0 aromatic carbocycles. The molecule has 0 aliphatic rings. The highest BCUT2D eigenvalue weighted by molar-refractivity contribution is 5.68. The number of nitrogens with zero attached hydrogens (tertiary/aromatic N) is 3. The van der Waals surface area contributed by atoms with E-state index in [0.29, 0.717) is 19.4 Å². The summed E-state index contributed by atoms with van der Waals surface area (Å²) in [4.78, 5) is 24.9. The fraction of sp³-hybridized carbons (Fsp3) is 0.615. The standard InChI is InChI=1S/C13H21N3O3/c1-4-15(5-2)11-9-12(17)16(14-10-11)8-6-7-13(18)19-3/h9-10H,4-8H2,1-3H3. The summed E-state index contributed by atoms with van der Waals surface area (Å²) in [5.74, 6) is -0.271. The van der Waals surface area contributed by atoms with Crippen molar-refractivity contribution in [1.29, 1.82) is 0 Å². The number of ether oxygens (including phenoxy) is 1. The highest BCUT2D eigenvalue weighted by Gasteiger charge is 2.06. The van der Waals surface area contributed by atoms with Crippen LogP contribution in [0.2, 0.25) is 0 Å². The van der Waals surface area contributed by atoms with Crippen LogP contribution in [0.5, 0.6) is 0 Å². The van der Waals surface area contributed by atoms with E-state index in [1.54, 1.807) is 12.3 Å². The monoisotopic (exact) mass is 267 g/mol. The molecule has 0 saturated heterocycles. The highest BCUT2D eigenvalue weighted by atomic mass is 16.5. The van der Waals surface area contributed by atoms with E-state index in [1.165, 1.54) is 11.8 Å². The Hall–Kier alpha value is -1.85. The van der Waals surface area contributed by atoms with Crippen molar-refractivity contribution in [3.8, 4) is 0 Å². The van der Waals surface area contributed by atoms with Crippen LogP contribution in [0.15, 0.2) is 17.1 Å². The van der Waals surface area contributed by atoms with Gasteiger partial charge in [0.25, 0.3) is 5.56 Å². The second-order valence-electron chi connectivity index (χ2n) is 4.13. The fourth-order valence-electron chi connectivity index (χ4n) is 1.83. The van der Waals surface area contributed by atoms with Crippen LogP contribution < -0.4 is 10.5 Å². The Bertz CT molecular complexity index is 466. The van der Waals surface area contributed by atoms with Gasteiger partial charge < -0.3 is 9.64 Å². The van der Waals surface area contributed by atoms with Crippen molar-refractivity contribution >= 4 is 11.7 Å². The first kappa shape index (κ1) is 15.2. The molecule has 6 heteroatoms. The van der Waals surface area contributed by atoms with Crippen LogP contribution in [0.25, 0.3) is 0 Å². The minimum Gasteiger partial charge on any atom is -0.469 e. The van der Waals surface area contributed by atoms with E-state index >= 15 is 0 Å². The van der Waals surface area contributed by atoms with Gasteiger partial charge in [-0.3, -0.25) is 9.59 Å². The lowest BCUT2D eigenvalue weighted by Gasteiger charge is -2.20. The number of hydrogen-bond donors (Lipinski definition) is 0. The molecule has 19 heavy (non-hydrogen) atoms. The third-order valence-electron chi connectivity index (χ3n) is 2.96. The predicted octanol–water partition coefficient (Wildman–Crippen LogP) is 1.04. The summed E-state index contributed by atoms with van der Waals surface area (Å²) in [5, 5.41) is 4.13. The lowest BCUT2D eigenvalue weighted by Crippen LogP contribution is -2.28. The number of rotatable bonds is 7. The molecule has 0 aliphatic carbocycles. The molecule has 0 radical (unpaired) electrons. The van der Waals surface area contributed by atoms with Gasteiger partial charge in [0.05, 0.1) is 19.0 Å². The molecular weight excluding hydrogens is 246 g/mol. The summed E-state index contributed by atoms with van der Waals surface area (Å²) >= 11 is 0. The van der Waals surface area contributed by atoms with E-state index in [9.17, 15) is 9.59 Å². The average Bonchev–Trinajstić information content (AvgIpc) is 2.42. The van der Waals surface area contributed by atoms with E-state index in [1.807, 2.05) is 13.8 Å². The van der Waals surface area contributed by atoms with E-state index in [0.717, 1.165) is 18.8 Å². The van der Waals surface area contributed by atoms with Crippen LogP contribution >= 0.6 is 0 Å². The van der Waals surface area contributed by atoms with Gasteiger partial charge in [0.1, 0.15) is 0 Å². The van der Waals surface area contributed by atoms with Gasteiger partial charge >= 0.3 is 5.97 Å². The largest absolute Gasteiger partial charge is 0.469 e. The first-order chi connectivity index (χ1) is 9.12. The Morgan fingerprint density at radius 2 is 2.11 bits per heavy atom. The minimum atomic E-state index is -0.271. The molecule has 1 aromatic rings.